The number of phenolic OH excluding ortho intramolecular Hbond substituents is 1. The smallest absolute Gasteiger partial charge is 0.340 e. The molecule has 118 valence electrons. The van der Waals surface area contributed by atoms with Gasteiger partial charge in [0.1, 0.15) is 23.2 Å². The number of hydrogen-bond acceptors (Lipinski definition) is 6. The summed E-state index contributed by atoms with van der Waals surface area (Å²) >= 11 is 0. The molecule has 3 rings (SSSR count). The molecule has 0 unspecified atom stereocenters. The summed E-state index contributed by atoms with van der Waals surface area (Å²) in [5.74, 6) is 4.67. The standard InChI is InChI=1S/C18H11NO5/c20-14-5-6-15-16(9-14)24-11-13(17(15)21)4-2-8-23-18(22)12-3-1-7-19-10-12/h1,3,5-7,9-11,20H,8H2. The molecule has 0 fully saturated rings. The maximum atomic E-state index is 12.2. The van der Waals surface area contributed by atoms with E-state index in [1.165, 1.54) is 30.7 Å². The van der Waals surface area contributed by atoms with Gasteiger partial charge >= 0.3 is 5.97 Å². The molecule has 0 saturated carbocycles. The number of nitrogens with zero attached hydrogens (tertiary/aromatic N) is 1. The minimum atomic E-state index is -0.543. The molecule has 0 aliphatic heterocycles. The Morgan fingerprint density at radius 2 is 2.21 bits per heavy atom. The number of phenols is 1. The van der Waals surface area contributed by atoms with Crippen LogP contribution in [0.5, 0.6) is 5.75 Å². The molecule has 3 aromatic rings. The SMILES string of the molecule is O=C(OCC#Cc1coc2cc(O)ccc2c1=O)c1cccnc1. The maximum Gasteiger partial charge on any atom is 0.340 e. The van der Waals surface area contributed by atoms with E-state index in [4.69, 9.17) is 9.15 Å². The molecule has 6 nitrogen and oxygen atoms in total. The van der Waals surface area contributed by atoms with Crippen LogP contribution in [0.25, 0.3) is 11.0 Å². The Morgan fingerprint density at radius 1 is 1.33 bits per heavy atom. The van der Waals surface area contributed by atoms with Crippen LogP contribution in [0.15, 0.2) is 58.2 Å². The van der Waals surface area contributed by atoms with E-state index in [2.05, 4.69) is 16.8 Å². The first-order valence-corrected chi connectivity index (χ1v) is 6.96. The molecular weight excluding hydrogens is 310 g/mol. The number of fused-ring (bicyclic) bond motifs is 1. The fourth-order valence-electron chi connectivity index (χ4n) is 2.00. The fraction of sp³-hybridized carbons (Fsp3) is 0.0556. The summed E-state index contributed by atoms with van der Waals surface area (Å²) in [5, 5.41) is 9.68. The Bertz CT molecular complexity index is 1010. The highest BCUT2D eigenvalue weighted by molar-refractivity contribution is 5.89. The van der Waals surface area contributed by atoms with Crippen LogP contribution in [0.2, 0.25) is 0 Å². The second-order valence-electron chi connectivity index (χ2n) is 4.78. The van der Waals surface area contributed by atoms with E-state index >= 15 is 0 Å². The quantitative estimate of drug-likeness (QED) is 0.574. The average Bonchev–Trinajstić information content (AvgIpc) is 2.61. The van der Waals surface area contributed by atoms with E-state index in [0.717, 1.165) is 0 Å². The van der Waals surface area contributed by atoms with Crippen molar-refractivity contribution in [3.05, 3.63) is 70.3 Å². The second kappa shape index (κ2) is 6.67. The van der Waals surface area contributed by atoms with Gasteiger partial charge in [-0.3, -0.25) is 9.78 Å². The van der Waals surface area contributed by atoms with Gasteiger partial charge in [-0.15, -0.1) is 0 Å². The first-order valence-electron chi connectivity index (χ1n) is 6.96. The van der Waals surface area contributed by atoms with Crippen molar-refractivity contribution < 1.29 is 19.1 Å². The summed E-state index contributed by atoms with van der Waals surface area (Å²) in [6.07, 6.45) is 4.15. The van der Waals surface area contributed by atoms with Gasteiger partial charge in [0.25, 0.3) is 0 Å². The zero-order valence-electron chi connectivity index (χ0n) is 12.4. The topological polar surface area (TPSA) is 89.6 Å². The van der Waals surface area contributed by atoms with Crippen molar-refractivity contribution in [3.63, 3.8) is 0 Å². The third kappa shape index (κ3) is 3.25. The normalized spacial score (nSPS) is 10.0. The Morgan fingerprint density at radius 3 is 3.00 bits per heavy atom. The molecule has 1 N–H and O–H groups in total. The lowest BCUT2D eigenvalue weighted by atomic mass is 10.1. The van der Waals surface area contributed by atoms with Crippen molar-refractivity contribution >= 4 is 16.9 Å². The van der Waals surface area contributed by atoms with E-state index in [0.29, 0.717) is 10.9 Å². The highest BCUT2D eigenvalue weighted by Crippen LogP contribution is 2.17. The van der Waals surface area contributed by atoms with Crippen molar-refractivity contribution in [2.45, 2.75) is 0 Å². The van der Waals surface area contributed by atoms with Crippen LogP contribution in [0.3, 0.4) is 0 Å². The molecule has 0 spiro atoms. The van der Waals surface area contributed by atoms with Gasteiger partial charge in [0.2, 0.25) is 5.43 Å². The van der Waals surface area contributed by atoms with Crippen LogP contribution in [0, 0.1) is 11.8 Å². The average molecular weight is 321 g/mol. The van der Waals surface area contributed by atoms with Crippen LogP contribution in [-0.2, 0) is 4.74 Å². The zero-order valence-corrected chi connectivity index (χ0v) is 12.4. The van der Waals surface area contributed by atoms with E-state index in [1.54, 1.807) is 18.3 Å². The van der Waals surface area contributed by atoms with Crippen molar-refractivity contribution in [1.82, 2.24) is 4.98 Å². The van der Waals surface area contributed by atoms with Crippen LogP contribution in [0.1, 0.15) is 15.9 Å². The molecule has 0 aliphatic rings. The van der Waals surface area contributed by atoms with Crippen LogP contribution < -0.4 is 5.43 Å². The lowest BCUT2D eigenvalue weighted by Gasteiger charge is -1.99. The predicted octanol–water partition coefficient (Wildman–Crippen LogP) is 2.10. The van der Waals surface area contributed by atoms with Gasteiger partial charge in [-0.1, -0.05) is 11.8 Å². The van der Waals surface area contributed by atoms with Crippen molar-refractivity contribution in [1.29, 1.82) is 0 Å². The molecule has 1 aromatic carbocycles. The number of carbonyl (C=O) groups is 1. The number of rotatable bonds is 2. The molecule has 0 atom stereocenters. The Hall–Kier alpha value is -3.59. The summed E-state index contributed by atoms with van der Waals surface area (Å²) in [5.41, 5.74) is 0.422. The molecular formula is C18H11NO5. The van der Waals surface area contributed by atoms with Crippen molar-refractivity contribution in [2.24, 2.45) is 0 Å². The van der Waals surface area contributed by atoms with Gasteiger partial charge in [0.15, 0.2) is 6.61 Å². The minimum absolute atomic E-state index is 0.00629. The number of aromatic nitrogens is 1. The number of aromatic hydroxyl groups is 1. The monoisotopic (exact) mass is 321 g/mol. The highest BCUT2D eigenvalue weighted by Gasteiger charge is 2.07. The lowest BCUT2D eigenvalue weighted by Crippen LogP contribution is -2.07. The number of esters is 1. The first kappa shape index (κ1) is 15.3. The molecule has 0 amide bonds. The van der Waals surface area contributed by atoms with E-state index in [-0.39, 0.29) is 28.9 Å². The van der Waals surface area contributed by atoms with Crippen LogP contribution in [0.4, 0.5) is 0 Å². The molecule has 6 heteroatoms. The van der Waals surface area contributed by atoms with Gasteiger partial charge in [-0.05, 0) is 24.3 Å². The third-order valence-electron chi connectivity index (χ3n) is 3.15. The van der Waals surface area contributed by atoms with E-state index in [1.807, 2.05) is 0 Å². The molecule has 2 aromatic heterocycles. The van der Waals surface area contributed by atoms with Crippen molar-refractivity contribution in [3.8, 4) is 17.6 Å². The summed E-state index contributed by atoms with van der Waals surface area (Å²) < 4.78 is 10.2. The summed E-state index contributed by atoms with van der Waals surface area (Å²) in [7, 11) is 0. The van der Waals surface area contributed by atoms with Gasteiger partial charge in [-0.25, -0.2) is 4.79 Å². The van der Waals surface area contributed by atoms with Crippen LogP contribution in [-0.4, -0.2) is 22.7 Å². The zero-order chi connectivity index (χ0) is 16.9. The first-order chi connectivity index (χ1) is 11.6. The Kier molecular flexibility index (Phi) is 4.25. The summed E-state index contributed by atoms with van der Waals surface area (Å²) in [4.78, 5) is 27.7. The number of carbonyl (C=O) groups excluding carboxylic acids is 1. The van der Waals surface area contributed by atoms with Crippen LogP contribution >= 0.6 is 0 Å². The summed E-state index contributed by atoms with van der Waals surface area (Å²) in [6.45, 7) is -0.166. The highest BCUT2D eigenvalue weighted by atomic mass is 16.5. The van der Waals surface area contributed by atoms with Gasteiger partial charge in [0, 0.05) is 18.5 Å². The number of benzene rings is 1. The van der Waals surface area contributed by atoms with Gasteiger partial charge in [-0.2, -0.15) is 0 Å². The van der Waals surface area contributed by atoms with E-state index < -0.39 is 5.97 Å². The predicted molar refractivity (Wildman–Crippen MR) is 85.5 cm³/mol. The minimum Gasteiger partial charge on any atom is -0.508 e. The van der Waals surface area contributed by atoms with Gasteiger partial charge < -0.3 is 14.3 Å². The second-order valence-corrected chi connectivity index (χ2v) is 4.78. The van der Waals surface area contributed by atoms with Crippen molar-refractivity contribution in [2.75, 3.05) is 6.61 Å². The third-order valence-corrected chi connectivity index (χ3v) is 3.15. The lowest BCUT2D eigenvalue weighted by molar-refractivity contribution is 0.0556. The number of pyridine rings is 1. The number of ether oxygens (including phenoxy) is 1. The molecule has 0 aliphatic carbocycles. The fourth-order valence-corrected chi connectivity index (χ4v) is 2.00. The molecule has 24 heavy (non-hydrogen) atoms. The molecule has 0 saturated heterocycles. The molecule has 0 bridgehead atoms. The Balaban J connectivity index is 1.73. The largest absolute Gasteiger partial charge is 0.508 e. The van der Waals surface area contributed by atoms with E-state index in [9.17, 15) is 14.7 Å². The maximum absolute atomic E-state index is 12.2. The molecule has 2 heterocycles. The summed E-state index contributed by atoms with van der Waals surface area (Å²) in [6, 6.07) is 7.41. The van der Waals surface area contributed by atoms with Gasteiger partial charge in [0.05, 0.1) is 10.9 Å². The Labute approximate surface area is 136 Å². The molecule has 0 radical (unpaired) electrons. The number of hydrogen-bond donors (Lipinski definition) is 1.